The monoisotopic (exact) mass is 414 g/mol. The molecule has 0 amide bonds. The van der Waals surface area contributed by atoms with Crippen LogP contribution in [0, 0.1) is 0 Å². The van der Waals surface area contributed by atoms with Crippen molar-refractivity contribution in [1.29, 1.82) is 0 Å². The molecule has 0 spiro atoms. The molecule has 0 bridgehead atoms. The predicted octanol–water partition coefficient (Wildman–Crippen LogP) is 4.03. The smallest absolute Gasteiger partial charge is 0.209 e. The highest BCUT2D eigenvalue weighted by molar-refractivity contribution is 7.99. The van der Waals surface area contributed by atoms with Crippen LogP contribution in [0.3, 0.4) is 0 Å². The summed E-state index contributed by atoms with van der Waals surface area (Å²) in [6, 6.07) is 10.1. The summed E-state index contributed by atoms with van der Waals surface area (Å²) in [6.45, 7) is 7.83. The first-order valence-corrected chi connectivity index (χ1v) is 10.9. The van der Waals surface area contributed by atoms with E-state index in [4.69, 9.17) is 10.6 Å². The molecule has 0 radical (unpaired) electrons. The standard InChI is InChI=1S/C21H30N6OS/c1-21(2,3)17-8-10-18(11-9-17)28-16-19-24-25-20(27(19)22)29-15-6-4-5-13-26-14-7-12-23-26/h7-12,14H,4-6,13,15-16,22H2,1-3H3. The number of unbranched alkanes of at least 4 members (excludes halogenated alkanes) is 2. The number of benzene rings is 1. The van der Waals surface area contributed by atoms with Gasteiger partial charge in [0.15, 0.2) is 5.82 Å². The van der Waals surface area contributed by atoms with E-state index in [1.165, 1.54) is 10.2 Å². The minimum atomic E-state index is 0.126. The largest absolute Gasteiger partial charge is 0.486 e. The van der Waals surface area contributed by atoms with Gasteiger partial charge in [0.2, 0.25) is 5.16 Å². The minimum absolute atomic E-state index is 0.126. The number of thioether (sulfide) groups is 1. The maximum atomic E-state index is 6.13. The van der Waals surface area contributed by atoms with E-state index in [1.807, 2.05) is 35.3 Å². The molecule has 0 atom stereocenters. The number of rotatable bonds is 10. The predicted molar refractivity (Wildman–Crippen MR) is 116 cm³/mol. The van der Waals surface area contributed by atoms with Crippen molar-refractivity contribution >= 4 is 11.8 Å². The Balaban J connectivity index is 1.39. The fraction of sp³-hybridized carbons (Fsp3) is 0.476. The van der Waals surface area contributed by atoms with Crippen LogP contribution in [0.4, 0.5) is 0 Å². The molecule has 8 heteroatoms. The zero-order chi connectivity index (χ0) is 20.7. The fourth-order valence-corrected chi connectivity index (χ4v) is 3.73. The summed E-state index contributed by atoms with van der Waals surface area (Å²) in [4.78, 5) is 0. The van der Waals surface area contributed by atoms with E-state index in [0.29, 0.717) is 12.4 Å². The number of hydrogen-bond acceptors (Lipinski definition) is 6. The van der Waals surface area contributed by atoms with Gasteiger partial charge in [0.25, 0.3) is 0 Å². The van der Waals surface area contributed by atoms with Crippen molar-refractivity contribution in [2.75, 3.05) is 11.6 Å². The lowest BCUT2D eigenvalue weighted by molar-refractivity contribution is 0.291. The third-order valence-corrected chi connectivity index (χ3v) is 5.67. The number of aromatic nitrogens is 5. The molecule has 0 aliphatic heterocycles. The van der Waals surface area contributed by atoms with Gasteiger partial charge in [0.05, 0.1) is 0 Å². The van der Waals surface area contributed by atoms with Crippen molar-refractivity contribution in [3.8, 4) is 5.75 Å². The molecule has 156 valence electrons. The van der Waals surface area contributed by atoms with E-state index in [-0.39, 0.29) is 5.41 Å². The number of nitrogens with two attached hydrogens (primary N) is 1. The normalized spacial score (nSPS) is 11.7. The molecule has 7 nitrogen and oxygen atoms in total. The van der Waals surface area contributed by atoms with E-state index < -0.39 is 0 Å². The van der Waals surface area contributed by atoms with Crippen LogP contribution in [-0.4, -0.2) is 30.4 Å². The SMILES string of the molecule is CC(C)(C)c1ccc(OCc2nnc(SCCCCCn3cccn3)n2N)cc1. The Morgan fingerprint density at radius 2 is 1.86 bits per heavy atom. The van der Waals surface area contributed by atoms with Gasteiger partial charge in [-0.3, -0.25) is 4.68 Å². The van der Waals surface area contributed by atoms with Crippen LogP contribution in [0.5, 0.6) is 5.75 Å². The van der Waals surface area contributed by atoms with Crippen LogP contribution < -0.4 is 10.6 Å². The maximum absolute atomic E-state index is 6.13. The van der Waals surface area contributed by atoms with E-state index in [1.54, 1.807) is 11.8 Å². The molecule has 29 heavy (non-hydrogen) atoms. The van der Waals surface area contributed by atoms with Crippen molar-refractivity contribution in [3.05, 3.63) is 54.1 Å². The van der Waals surface area contributed by atoms with Gasteiger partial charge in [-0.05, 0) is 42.0 Å². The molecule has 2 aromatic heterocycles. The minimum Gasteiger partial charge on any atom is -0.486 e. The first-order chi connectivity index (χ1) is 13.9. The lowest BCUT2D eigenvalue weighted by Crippen LogP contribution is -2.16. The lowest BCUT2D eigenvalue weighted by atomic mass is 9.87. The molecule has 3 aromatic rings. The first kappa shape index (κ1) is 21.2. The summed E-state index contributed by atoms with van der Waals surface area (Å²) in [7, 11) is 0. The highest BCUT2D eigenvalue weighted by Gasteiger charge is 2.14. The van der Waals surface area contributed by atoms with Crippen LogP contribution in [0.2, 0.25) is 0 Å². The molecule has 2 heterocycles. The van der Waals surface area contributed by atoms with Crippen molar-refractivity contribution in [2.24, 2.45) is 0 Å². The maximum Gasteiger partial charge on any atom is 0.209 e. The van der Waals surface area contributed by atoms with Gasteiger partial charge < -0.3 is 10.6 Å². The van der Waals surface area contributed by atoms with Crippen molar-refractivity contribution < 1.29 is 4.74 Å². The Bertz CT molecular complexity index is 868. The molecule has 3 rings (SSSR count). The summed E-state index contributed by atoms with van der Waals surface area (Å²) in [6.07, 6.45) is 7.17. The molecule has 0 unspecified atom stereocenters. The van der Waals surface area contributed by atoms with E-state index in [2.05, 4.69) is 48.2 Å². The zero-order valence-electron chi connectivity index (χ0n) is 17.4. The fourth-order valence-electron chi connectivity index (χ4n) is 2.85. The second kappa shape index (κ2) is 9.82. The second-order valence-corrected chi connectivity index (χ2v) is 9.07. The molecule has 2 N–H and O–H groups in total. The van der Waals surface area contributed by atoms with Gasteiger partial charge in [0.1, 0.15) is 12.4 Å². The van der Waals surface area contributed by atoms with Crippen LogP contribution in [0.1, 0.15) is 51.4 Å². The van der Waals surface area contributed by atoms with Crippen LogP contribution in [-0.2, 0) is 18.6 Å². The Morgan fingerprint density at radius 1 is 1.07 bits per heavy atom. The summed E-state index contributed by atoms with van der Waals surface area (Å²) in [5.74, 6) is 8.51. The van der Waals surface area contributed by atoms with Gasteiger partial charge in [0, 0.05) is 24.7 Å². The third-order valence-electron chi connectivity index (χ3n) is 4.65. The molecule has 0 fully saturated rings. The Kier molecular flexibility index (Phi) is 7.19. The zero-order valence-corrected chi connectivity index (χ0v) is 18.2. The van der Waals surface area contributed by atoms with E-state index in [0.717, 1.165) is 42.5 Å². The lowest BCUT2D eigenvalue weighted by Gasteiger charge is -2.19. The van der Waals surface area contributed by atoms with E-state index in [9.17, 15) is 0 Å². The quantitative estimate of drug-likeness (QED) is 0.306. The third kappa shape index (κ3) is 6.25. The number of aryl methyl sites for hydroxylation is 1. The van der Waals surface area contributed by atoms with Gasteiger partial charge in [-0.25, -0.2) is 4.68 Å². The second-order valence-electron chi connectivity index (χ2n) is 8.01. The molecule has 0 saturated carbocycles. The van der Waals surface area contributed by atoms with Gasteiger partial charge >= 0.3 is 0 Å². The summed E-state index contributed by atoms with van der Waals surface area (Å²) in [5.41, 5.74) is 1.40. The molecule has 1 aromatic carbocycles. The Morgan fingerprint density at radius 3 is 2.55 bits per heavy atom. The molecule has 0 saturated heterocycles. The number of nitrogens with zero attached hydrogens (tertiary/aromatic N) is 5. The van der Waals surface area contributed by atoms with Crippen LogP contribution in [0.25, 0.3) is 0 Å². The van der Waals surface area contributed by atoms with Gasteiger partial charge in [-0.2, -0.15) is 5.10 Å². The van der Waals surface area contributed by atoms with Crippen molar-refractivity contribution in [3.63, 3.8) is 0 Å². The number of nitrogen functional groups attached to an aromatic ring is 1. The molecule has 0 aliphatic carbocycles. The van der Waals surface area contributed by atoms with Crippen molar-refractivity contribution in [1.82, 2.24) is 24.7 Å². The average molecular weight is 415 g/mol. The molecule has 0 aliphatic rings. The average Bonchev–Trinajstić information content (AvgIpc) is 3.33. The van der Waals surface area contributed by atoms with E-state index >= 15 is 0 Å². The summed E-state index contributed by atoms with van der Waals surface area (Å²) in [5, 5.41) is 13.3. The summed E-state index contributed by atoms with van der Waals surface area (Å²) < 4.78 is 9.32. The Labute approximate surface area is 176 Å². The van der Waals surface area contributed by atoms with Crippen molar-refractivity contribution in [2.45, 2.75) is 63.8 Å². The Hall–Kier alpha value is -2.48. The molecular formula is C21H30N6OS. The molecular weight excluding hydrogens is 384 g/mol. The van der Waals surface area contributed by atoms with Crippen LogP contribution in [0.15, 0.2) is 47.9 Å². The van der Waals surface area contributed by atoms with Crippen LogP contribution >= 0.6 is 11.8 Å². The topological polar surface area (TPSA) is 83.8 Å². The van der Waals surface area contributed by atoms with Gasteiger partial charge in [-0.1, -0.05) is 51.1 Å². The number of ether oxygens (including phenoxy) is 1. The summed E-state index contributed by atoms with van der Waals surface area (Å²) >= 11 is 1.63. The van der Waals surface area contributed by atoms with Gasteiger partial charge in [-0.15, -0.1) is 10.2 Å². The highest BCUT2D eigenvalue weighted by Crippen LogP contribution is 2.24. The first-order valence-electron chi connectivity index (χ1n) is 9.96. The number of hydrogen-bond donors (Lipinski definition) is 1. The highest BCUT2D eigenvalue weighted by atomic mass is 32.2.